The van der Waals surface area contributed by atoms with Crippen molar-refractivity contribution in [3.63, 3.8) is 0 Å². The first kappa shape index (κ1) is 19.8. The number of amides is 3. The third-order valence-electron chi connectivity index (χ3n) is 4.39. The fourth-order valence-electron chi connectivity index (χ4n) is 2.95. The van der Waals surface area contributed by atoms with Crippen molar-refractivity contribution in [1.82, 2.24) is 15.1 Å². The molecule has 1 aliphatic rings. The third kappa shape index (κ3) is 5.47. The van der Waals surface area contributed by atoms with Crippen LogP contribution < -0.4 is 5.32 Å². The monoisotopic (exact) mass is 361 g/mol. The maximum Gasteiger partial charge on any atom is 0.409 e. The van der Waals surface area contributed by atoms with Gasteiger partial charge in [0.15, 0.2) is 0 Å². The average Bonchev–Trinajstić information content (AvgIpc) is 2.61. The van der Waals surface area contributed by atoms with E-state index in [2.05, 4.69) is 5.32 Å². The lowest BCUT2D eigenvalue weighted by Gasteiger charge is -2.34. The van der Waals surface area contributed by atoms with Crippen molar-refractivity contribution in [2.75, 3.05) is 32.8 Å². The largest absolute Gasteiger partial charge is 0.450 e. The molecule has 1 heterocycles. The number of rotatable bonds is 5. The summed E-state index contributed by atoms with van der Waals surface area (Å²) >= 11 is 0. The number of nitrogens with zero attached hydrogens (tertiary/aromatic N) is 2. The lowest BCUT2D eigenvalue weighted by molar-refractivity contribution is -0.133. The van der Waals surface area contributed by atoms with Crippen LogP contribution in [0.25, 0.3) is 0 Å². The Morgan fingerprint density at radius 2 is 1.65 bits per heavy atom. The van der Waals surface area contributed by atoms with Gasteiger partial charge < -0.3 is 19.9 Å². The Morgan fingerprint density at radius 3 is 2.19 bits per heavy atom. The summed E-state index contributed by atoms with van der Waals surface area (Å²) in [6, 6.07) is 7.44. The SMILES string of the molecule is CCOC(=O)N1CCN(C(=O)CC(NC(C)=O)c2ccc(C)cc2)CC1. The molecule has 0 aromatic heterocycles. The van der Waals surface area contributed by atoms with E-state index >= 15 is 0 Å². The van der Waals surface area contributed by atoms with Gasteiger partial charge in [-0.05, 0) is 19.4 Å². The van der Waals surface area contributed by atoms with E-state index < -0.39 is 0 Å². The molecular weight excluding hydrogens is 334 g/mol. The van der Waals surface area contributed by atoms with Crippen LogP contribution in [0.5, 0.6) is 0 Å². The van der Waals surface area contributed by atoms with E-state index in [1.165, 1.54) is 6.92 Å². The summed E-state index contributed by atoms with van der Waals surface area (Å²) < 4.78 is 4.99. The van der Waals surface area contributed by atoms with Crippen LogP contribution in [0, 0.1) is 6.92 Å². The van der Waals surface area contributed by atoms with Crippen LogP contribution in [0.3, 0.4) is 0 Å². The van der Waals surface area contributed by atoms with Gasteiger partial charge in [-0.2, -0.15) is 0 Å². The summed E-state index contributed by atoms with van der Waals surface area (Å²) in [5, 5.41) is 2.86. The zero-order valence-corrected chi connectivity index (χ0v) is 15.7. The summed E-state index contributed by atoms with van der Waals surface area (Å²) in [5.41, 5.74) is 2.03. The van der Waals surface area contributed by atoms with Gasteiger partial charge >= 0.3 is 6.09 Å². The fourth-order valence-corrected chi connectivity index (χ4v) is 2.95. The predicted molar refractivity (Wildman–Crippen MR) is 97.5 cm³/mol. The van der Waals surface area contributed by atoms with E-state index in [4.69, 9.17) is 4.74 Å². The number of aryl methyl sites for hydroxylation is 1. The maximum atomic E-state index is 12.7. The smallest absolute Gasteiger partial charge is 0.409 e. The van der Waals surface area contributed by atoms with Crippen LogP contribution in [0.2, 0.25) is 0 Å². The second-order valence-electron chi connectivity index (χ2n) is 6.43. The number of nitrogens with one attached hydrogen (secondary N) is 1. The van der Waals surface area contributed by atoms with Gasteiger partial charge in [-0.15, -0.1) is 0 Å². The molecule has 1 fully saturated rings. The molecule has 1 unspecified atom stereocenters. The highest BCUT2D eigenvalue weighted by molar-refractivity contribution is 5.79. The number of hydrogen-bond donors (Lipinski definition) is 1. The molecule has 0 spiro atoms. The van der Waals surface area contributed by atoms with Crippen molar-refractivity contribution in [3.05, 3.63) is 35.4 Å². The summed E-state index contributed by atoms with van der Waals surface area (Å²) in [6.07, 6.45) is -0.141. The van der Waals surface area contributed by atoms with Crippen LogP contribution in [-0.4, -0.2) is 60.5 Å². The second kappa shape index (κ2) is 9.22. The Balaban J connectivity index is 1.96. The Bertz CT molecular complexity index is 637. The van der Waals surface area contributed by atoms with Crippen molar-refractivity contribution < 1.29 is 19.1 Å². The minimum absolute atomic E-state index is 0.0344. The van der Waals surface area contributed by atoms with Crippen molar-refractivity contribution in [1.29, 1.82) is 0 Å². The van der Waals surface area contributed by atoms with Crippen molar-refractivity contribution in [3.8, 4) is 0 Å². The highest BCUT2D eigenvalue weighted by atomic mass is 16.6. The molecule has 1 aliphatic heterocycles. The molecule has 1 atom stereocenters. The average molecular weight is 361 g/mol. The van der Waals surface area contributed by atoms with Gasteiger partial charge in [-0.3, -0.25) is 9.59 Å². The number of hydrogen-bond acceptors (Lipinski definition) is 4. The van der Waals surface area contributed by atoms with Crippen molar-refractivity contribution in [2.45, 2.75) is 33.2 Å². The molecule has 1 saturated heterocycles. The fraction of sp³-hybridized carbons (Fsp3) is 0.526. The van der Waals surface area contributed by atoms with Crippen LogP contribution in [-0.2, 0) is 14.3 Å². The van der Waals surface area contributed by atoms with Gasteiger partial charge in [0.25, 0.3) is 0 Å². The topological polar surface area (TPSA) is 79.0 Å². The summed E-state index contributed by atoms with van der Waals surface area (Å²) in [5.74, 6) is -0.205. The summed E-state index contributed by atoms with van der Waals surface area (Å²) in [6.45, 7) is 7.41. The molecule has 142 valence electrons. The van der Waals surface area contributed by atoms with Crippen molar-refractivity contribution in [2.24, 2.45) is 0 Å². The molecule has 1 aromatic carbocycles. The van der Waals surface area contributed by atoms with Crippen LogP contribution in [0.15, 0.2) is 24.3 Å². The normalized spacial score (nSPS) is 15.3. The molecule has 0 radical (unpaired) electrons. The minimum atomic E-state index is -0.358. The molecule has 2 rings (SSSR count). The van der Waals surface area contributed by atoms with E-state index in [9.17, 15) is 14.4 Å². The number of ether oxygens (including phenoxy) is 1. The number of carbonyl (C=O) groups is 3. The van der Waals surface area contributed by atoms with E-state index in [0.29, 0.717) is 32.8 Å². The summed E-state index contributed by atoms with van der Waals surface area (Å²) in [7, 11) is 0. The first-order chi connectivity index (χ1) is 12.4. The van der Waals surface area contributed by atoms with E-state index in [0.717, 1.165) is 11.1 Å². The maximum absolute atomic E-state index is 12.7. The highest BCUT2D eigenvalue weighted by Crippen LogP contribution is 2.19. The van der Waals surface area contributed by atoms with Crippen LogP contribution in [0.4, 0.5) is 4.79 Å². The number of piperazine rings is 1. The standard InChI is InChI=1S/C19H27N3O4/c1-4-26-19(25)22-11-9-21(10-12-22)18(24)13-17(20-15(3)23)16-7-5-14(2)6-8-16/h5-8,17H,4,9-13H2,1-3H3,(H,20,23). The van der Waals surface area contributed by atoms with E-state index in [-0.39, 0.29) is 30.4 Å². The quantitative estimate of drug-likeness (QED) is 0.868. The lowest BCUT2D eigenvalue weighted by Crippen LogP contribution is -2.51. The first-order valence-electron chi connectivity index (χ1n) is 8.93. The van der Waals surface area contributed by atoms with Gasteiger partial charge in [-0.25, -0.2) is 4.79 Å². The number of carbonyl (C=O) groups excluding carboxylic acids is 3. The third-order valence-corrected chi connectivity index (χ3v) is 4.39. The van der Waals surface area contributed by atoms with Gasteiger partial charge in [0.2, 0.25) is 11.8 Å². The molecule has 0 saturated carbocycles. The summed E-state index contributed by atoms with van der Waals surface area (Å²) in [4.78, 5) is 39.3. The Morgan fingerprint density at radius 1 is 1.08 bits per heavy atom. The molecule has 7 nitrogen and oxygen atoms in total. The highest BCUT2D eigenvalue weighted by Gasteiger charge is 2.27. The predicted octanol–water partition coefficient (Wildman–Crippen LogP) is 1.86. The lowest BCUT2D eigenvalue weighted by atomic mass is 10.0. The van der Waals surface area contributed by atoms with Gasteiger partial charge in [0.1, 0.15) is 0 Å². The Kier molecular flexibility index (Phi) is 7.00. The number of benzene rings is 1. The molecule has 0 bridgehead atoms. The van der Waals surface area contributed by atoms with Gasteiger partial charge in [-0.1, -0.05) is 29.8 Å². The minimum Gasteiger partial charge on any atom is -0.450 e. The molecule has 1 N–H and O–H groups in total. The molecule has 3 amide bonds. The zero-order valence-electron chi connectivity index (χ0n) is 15.7. The second-order valence-corrected chi connectivity index (χ2v) is 6.43. The molecule has 0 aliphatic carbocycles. The van der Waals surface area contributed by atoms with Crippen LogP contribution in [0.1, 0.15) is 37.4 Å². The molecule has 1 aromatic rings. The Labute approximate surface area is 154 Å². The van der Waals surface area contributed by atoms with Gasteiger partial charge in [0, 0.05) is 33.1 Å². The van der Waals surface area contributed by atoms with Gasteiger partial charge in [0.05, 0.1) is 19.1 Å². The molecule has 7 heteroatoms. The van der Waals surface area contributed by atoms with Crippen LogP contribution >= 0.6 is 0 Å². The Hall–Kier alpha value is -2.57. The van der Waals surface area contributed by atoms with E-state index in [1.807, 2.05) is 31.2 Å². The first-order valence-corrected chi connectivity index (χ1v) is 8.93. The molecule has 26 heavy (non-hydrogen) atoms. The van der Waals surface area contributed by atoms with Crippen molar-refractivity contribution >= 4 is 17.9 Å². The molecular formula is C19H27N3O4. The van der Waals surface area contributed by atoms with E-state index in [1.54, 1.807) is 16.7 Å². The zero-order chi connectivity index (χ0) is 19.1.